The molecule has 2 N–H and O–H groups in total. The molecule has 0 aromatic heterocycles. The first-order valence-corrected chi connectivity index (χ1v) is 4.64. The summed E-state index contributed by atoms with van der Waals surface area (Å²) in [6.07, 6.45) is -10.2. The molecule has 3 nitrogen and oxygen atoms in total. The van der Waals surface area contributed by atoms with Crippen LogP contribution in [0.2, 0.25) is 0 Å². The van der Waals surface area contributed by atoms with E-state index < -0.39 is 40.7 Å². The molecule has 0 spiro atoms. The number of nitrogens with two attached hydrogens (primary N) is 1. The third-order valence-corrected chi connectivity index (χ3v) is 2.19. The van der Waals surface area contributed by atoms with E-state index in [-0.39, 0.29) is 12.1 Å². The Balaban J connectivity index is 3.72. The summed E-state index contributed by atoms with van der Waals surface area (Å²) in [7, 11) is 0.670. The average molecular weight is 287 g/mol. The summed E-state index contributed by atoms with van der Waals surface area (Å²) < 4.78 is 80.1. The normalized spacial score (nSPS) is 12.4. The molecule has 0 radical (unpaired) electrons. The van der Waals surface area contributed by atoms with Crippen LogP contribution in [0.3, 0.4) is 0 Å². The van der Waals surface area contributed by atoms with Crippen LogP contribution in [-0.2, 0) is 12.4 Å². The summed E-state index contributed by atoms with van der Waals surface area (Å²) in [5.74, 6) is -2.80. The molecular formula is C10H7F6NO2. The number of hydrogen-bond donors (Lipinski definition) is 1. The molecule has 9 heteroatoms. The van der Waals surface area contributed by atoms with Crippen molar-refractivity contribution in [1.82, 2.24) is 0 Å². The molecule has 0 fully saturated rings. The fraction of sp³-hybridized carbons (Fsp3) is 0.300. The molecule has 0 aliphatic carbocycles. The van der Waals surface area contributed by atoms with E-state index in [1.807, 2.05) is 0 Å². The predicted molar refractivity (Wildman–Crippen MR) is 51.5 cm³/mol. The summed E-state index contributed by atoms with van der Waals surface area (Å²) in [6.45, 7) is 0. The highest BCUT2D eigenvalue weighted by molar-refractivity contribution is 5.93. The molecule has 0 bridgehead atoms. The smallest absolute Gasteiger partial charge is 0.420 e. The molecule has 106 valence electrons. The van der Waals surface area contributed by atoms with Gasteiger partial charge in [0.05, 0.1) is 18.2 Å². The lowest BCUT2D eigenvalue weighted by Crippen LogP contribution is -2.19. The van der Waals surface area contributed by atoms with Gasteiger partial charge < -0.3 is 10.5 Å². The molecule has 0 heterocycles. The number of alkyl halides is 6. The van der Waals surface area contributed by atoms with Gasteiger partial charge in [0.2, 0.25) is 5.91 Å². The Hall–Kier alpha value is -1.93. The predicted octanol–water partition coefficient (Wildman–Crippen LogP) is 2.83. The van der Waals surface area contributed by atoms with Crippen LogP contribution in [0.4, 0.5) is 26.3 Å². The second-order valence-electron chi connectivity index (χ2n) is 3.46. The molecule has 0 unspecified atom stereocenters. The van der Waals surface area contributed by atoms with E-state index >= 15 is 0 Å². The summed E-state index contributed by atoms with van der Waals surface area (Å²) in [4.78, 5) is 10.8. The van der Waals surface area contributed by atoms with Crippen LogP contribution in [0.25, 0.3) is 0 Å². The first kappa shape index (κ1) is 15.1. The van der Waals surface area contributed by atoms with Crippen molar-refractivity contribution in [2.45, 2.75) is 12.4 Å². The molecule has 0 saturated carbocycles. The number of hydrogen-bond acceptors (Lipinski definition) is 2. The van der Waals surface area contributed by atoms with Crippen LogP contribution in [0.5, 0.6) is 5.75 Å². The lowest BCUT2D eigenvalue weighted by atomic mass is 10.0. The molecule has 1 amide bonds. The lowest BCUT2D eigenvalue weighted by Gasteiger charge is -2.18. The minimum atomic E-state index is -5.11. The van der Waals surface area contributed by atoms with E-state index in [0.717, 1.165) is 0 Å². The number of methoxy groups -OCH3 is 1. The number of ether oxygens (including phenoxy) is 1. The second kappa shape index (κ2) is 4.63. The number of rotatable bonds is 2. The third kappa shape index (κ3) is 3.09. The molecule has 1 rings (SSSR count). The first-order chi connectivity index (χ1) is 8.48. The van der Waals surface area contributed by atoms with Crippen molar-refractivity contribution >= 4 is 5.91 Å². The monoisotopic (exact) mass is 287 g/mol. The quantitative estimate of drug-likeness (QED) is 0.850. The van der Waals surface area contributed by atoms with Gasteiger partial charge in [-0.15, -0.1) is 0 Å². The highest BCUT2D eigenvalue weighted by Crippen LogP contribution is 2.44. The molecule has 19 heavy (non-hydrogen) atoms. The van der Waals surface area contributed by atoms with Crippen LogP contribution in [0.15, 0.2) is 12.1 Å². The molecule has 0 atom stereocenters. The minimum Gasteiger partial charge on any atom is -0.495 e. The van der Waals surface area contributed by atoms with Gasteiger partial charge in [-0.2, -0.15) is 26.3 Å². The van der Waals surface area contributed by atoms with E-state index in [4.69, 9.17) is 5.73 Å². The van der Waals surface area contributed by atoms with Crippen molar-refractivity contribution in [3.05, 3.63) is 28.8 Å². The van der Waals surface area contributed by atoms with E-state index in [1.165, 1.54) is 0 Å². The van der Waals surface area contributed by atoms with Crippen LogP contribution < -0.4 is 10.5 Å². The Labute approximate surface area is 102 Å². The van der Waals surface area contributed by atoms with Crippen LogP contribution >= 0.6 is 0 Å². The SMILES string of the molecule is COc1c(C(F)(F)F)cc(C(N)=O)cc1C(F)(F)F. The van der Waals surface area contributed by atoms with Gasteiger partial charge in [0.25, 0.3) is 0 Å². The lowest BCUT2D eigenvalue weighted by molar-refractivity contribution is -0.145. The number of carbonyl (C=O) groups excluding carboxylic acids is 1. The van der Waals surface area contributed by atoms with Gasteiger partial charge in [0.15, 0.2) is 0 Å². The highest BCUT2D eigenvalue weighted by Gasteiger charge is 2.42. The number of carbonyl (C=O) groups is 1. The number of benzene rings is 1. The van der Waals surface area contributed by atoms with Gasteiger partial charge in [0.1, 0.15) is 5.75 Å². The van der Waals surface area contributed by atoms with Gasteiger partial charge in [-0.25, -0.2) is 0 Å². The van der Waals surface area contributed by atoms with Crippen LogP contribution in [0, 0.1) is 0 Å². The van der Waals surface area contributed by atoms with Crippen molar-refractivity contribution in [3.63, 3.8) is 0 Å². The van der Waals surface area contributed by atoms with Crippen LogP contribution in [0.1, 0.15) is 21.5 Å². The fourth-order valence-electron chi connectivity index (χ4n) is 1.41. The molecule has 1 aromatic rings. The van der Waals surface area contributed by atoms with Gasteiger partial charge in [-0.05, 0) is 12.1 Å². The van der Waals surface area contributed by atoms with E-state index in [1.54, 1.807) is 0 Å². The van der Waals surface area contributed by atoms with Gasteiger partial charge in [-0.1, -0.05) is 0 Å². The Bertz CT molecular complexity index is 471. The van der Waals surface area contributed by atoms with Gasteiger partial charge in [-0.3, -0.25) is 4.79 Å². The van der Waals surface area contributed by atoms with Crippen molar-refractivity contribution < 1.29 is 35.9 Å². The maximum Gasteiger partial charge on any atom is 0.420 e. The maximum atomic E-state index is 12.6. The summed E-state index contributed by atoms with van der Waals surface area (Å²) in [6, 6.07) is 0.437. The molecule has 1 aromatic carbocycles. The number of halogens is 6. The Morgan fingerprint density at radius 1 is 1.05 bits per heavy atom. The molecule has 0 aliphatic rings. The van der Waals surface area contributed by atoms with Crippen molar-refractivity contribution in [1.29, 1.82) is 0 Å². The zero-order valence-corrected chi connectivity index (χ0v) is 9.32. The zero-order chi connectivity index (χ0) is 15.0. The van der Waals surface area contributed by atoms with E-state index in [9.17, 15) is 31.1 Å². The Morgan fingerprint density at radius 3 is 1.63 bits per heavy atom. The first-order valence-electron chi connectivity index (χ1n) is 4.64. The Morgan fingerprint density at radius 2 is 1.42 bits per heavy atom. The van der Waals surface area contributed by atoms with Crippen molar-refractivity contribution in [2.24, 2.45) is 5.73 Å². The standard InChI is InChI=1S/C10H7F6NO2/c1-19-7-5(9(11,12)13)2-4(8(17)18)3-6(7)10(14,15)16/h2-3H,1H3,(H2,17,18). The summed E-state index contributed by atoms with van der Waals surface area (Å²) >= 11 is 0. The molecule has 0 aliphatic heterocycles. The highest BCUT2D eigenvalue weighted by atomic mass is 19.4. The van der Waals surface area contributed by atoms with E-state index in [0.29, 0.717) is 7.11 Å². The van der Waals surface area contributed by atoms with Gasteiger partial charge in [0, 0.05) is 5.56 Å². The second-order valence-corrected chi connectivity index (χ2v) is 3.46. The summed E-state index contributed by atoms with van der Waals surface area (Å²) in [5.41, 5.74) is 0.394. The maximum absolute atomic E-state index is 12.6. The largest absolute Gasteiger partial charge is 0.495 e. The average Bonchev–Trinajstić information content (AvgIpc) is 2.24. The topological polar surface area (TPSA) is 52.3 Å². The fourth-order valence-corrected chi connectivity index (χ4v) is 1.41. The Kier molecular flexibility index (Phi) is 3.69. The zero-order valence-electron chi connectivity index (χ0n) is 9.32. The van der Waals surface area contributed by atoms with Crippen molar-refractivity contribution in [3.8, 4) is 5.75 Å². The minimum absolute atomic E-state index is 0.219. The summed E-state index contributed by atoms with van der Waals surface area (Å²) in [5, 5.41) is 0. The third-order valence-electron chi connectivity index (χ3n) is 2.19. The molecular weight excluding hydrogens is 280 g/mol. The molecule has 0 saturated heterocycles. The number of primary amides is 1. The number of amides is 1. The van der Waals surface area contributed by atoms with E-state index in [2.05, 4.69) is 4.74 Å². The van der Waals surface area contributed by atoms with Crippen LogP contribution in [-0.4, -0.2) is 13.0 Å². The van der Waals surface area contributed by atoms with Crippen molar-refractivity contribution in [2.75, 3.05) is 7.11 Å². The van der Waals surface area contributed by atoms with Gasteiger partial charge >= 0.3 is 12.4 Å².